The molecule has 0 amide bonds. The van der Waals surface area contributed by atoms with Crippen molar-refractivity contribution in [3.05, 3.63) is 12.3 Å². The zero-order chi connectivity index (χ0) is 12.5. The monoisotopic (exact) mass is 261 g/mol. The first-order chi connectivity index (χ1) is 8.01. The van der Waals surface area contributed by atoms with Crippen LogP contribution >= 0.6 is 0 Å². The number of sulfonamides is 1. The fourth-order valence-electron chi connectivity index (χ4n) is 1.52. The molecule has 8 nitrogen and oxygen atoms in total. The number of aromatic amines is 1. The number of aromatic nitrogens is 2. The van der Waals surface area contributed by atoms with E-state index in [2.05, 4.69) is 10.2 Å². The second-order valence-electron chi connectivity index (χ2n) is 3.48. The van der Waals surface area contributed by atoms with E-state index in [0.717, 1.165) is 4.31 Å². The van der Waals surface area contributed by atoms with Crippen LogP contribution in [0.4, 0.5) is 0 Å². The highest BCUT2D eigenvalue weighted by atomic mass is 32.2. The lowest BCUT2D eigenvalue weighted by Gasteiger charge is -2.29. The average Bonchev–Trinajstić information content (AvgIpc) is 2.83. The highest BCUT2D eigenvalue weighted by Gasteiger charge is 2.34. The Labute approximate surface area is 97.2 Å². The second kappa shape index (κ2) is 4.43. The summed E-state index contributed by atoms with van der Waals surface area (Å²) in [6.45, 7) is -0.00778. The lowest BCUT2D eigenvalue weighted by Crippen LogP contribution is -2.48. The maximum absolute atomic E-state index is 12.0. The van der Waals surface area contributed by atoms with Crippen LogP contribution in [0.5, 0.6) is 0 Å². The molecule has 0 aliphatic carbocycles. The summed E-state index contributed by atoms with van der Waals surface area (Å²) in [5, 5.41) is 14.6. The molecule has 2 N–H and O–H groups in total. The van der Waals surface area contributed by atoms with E-state index in [1.807, 2.05) is 0 Å². The number of hydrogen-bond donors (Lipinski definition) is 2. The molecule has 1 saturated heterocycles. The van der Waals surface area contributed by atoms with Crippen LogP contribution in [0.3, 0.4) is 0 Å². The summed E-state index contributed by atoms with van der Waals surface area (Å²) >= 11 is 0. The molecule has 1 aromatic heterocycles. The Kier molecular flexibility index (Phi) is 3.13. The minimum absolute atomic E-state index is 0.0523. The standard InChI is InChI=1S/C8H11N3O5S/c12-8(13)6-5-11(3-4-16-6)17(14,15)7-1-2-9-10-7/h1-2,6H,3-5H2,(H,9,10)(H,12,13). The van der Waals surface area contributed by atoms with Gasteiger partial charge in [-0.25, -0.2) is 13.2 Å². The summed E-state index contributed by atoms with van der Waals surface area (Å²) < 4.78 is 30.1. The number of carboxylic acid groups (broad SMARTS) is 1. The fraction of sp³-hybridized carbons (Fsp3) is 0.500. The van der Waals surface area contributed by atoms with Crippen molar-refractivity contribution < 1.29 is 23.1 Å². The summed E-state index contributed by atoms with van der Waals surface area (Å²) in [7, 11) is -3.71. The molecule has 0 aromatic carbocycles. The van der Waals surface area contributed by atoms with Crippen LogP contribution in [0.15, 0.2) is 17.3 Å². The highest BCUT2D eigenvalue weighted by Crippen LogP contribution is 2.16. The number of carboxylic acids is 1. The van der Waals surface area contributed by atoms with Crippen molar-refractivity contribution in [2.24, 2.45) is 0 Å². The number of H-pyrrole nitrogens is 1. The smallest absolute Gasteiger partial charge is 0.334 e. The lowest BCUT2D eigenvalue weighted by atomic mass is 10.3. The van der Waals surface area contributed by atoms with Gasteiger partial charge < -0.3 is 9.84 Å². The van der Waals surface area contributed by atoms with E-state index in [1.54, 1.807) is 0 Å². The van der Waals surface area contributed by atoms with Crippen LogP contribution < -0.4 is 0 Å². The van der Waals surface area contributed by atoms with Crippen molar-refractivity contribution in [1.82, 2.24) is 14.5 Å². The number of carbonyl (C=O) groups is 1. The van der Waals surface area contributed by atoms with Gasteiger partial charge in [-0.05, 0) is 6.07 Å². The van der Waals surface area contributed by atoms with Gasteiger partial charge in [0.2, 0.25) is 0 Å². The van der Waals surface area contributed by atoms with Crippen molar-refractivity contribution >= 4 is 16.0 Å². The normalized spacial score (nSPS) is 22.5. The van der Waals surface area contributed by atoms with Crippen LogP contribution in [0, 0.1) is 0 Å². The number of ether oxygens (including phenoxy) is 1. The average molecular weight is 261 g/mol. The van der Waals surface area contributed by atoms with Gasteiger partial charge in [-0.15, -0.1) is 0 Å². The Morgan fingerprint density at radius 3 is 3.00 bits per heavy atom. The van der Waals surface area contributed by atoms with Gasteiger partial charge in [-0.1, -0.05) is 0 Å². The molecule has 0 spiro atoms. The number of hydrogen-bond acceptors (Lipinski definition) is 5. The molecule has 1 atom stereocenters. The molecule has 1 aliphatic heterocycles. The Morgan fingerprint density at radius 1 is 1.65 bits per heavy atom. The van der Waals surface area contributed by atoms with Crippen LogP contribution in [-0.4, -0.2) is 59.8 Å². The van der Waals surface area contributed by atoms with Crippen LogP contribution in [0.2, 0.25) is 0 Å². The number of nitrogens with one attached hydrogen (secondary N) is 1. The van der Waals surface area contributed by atoms with Gasteiger partial charge in [0.15, 0.2) is 11.1 Å². The quantitative estimate of drug-likeness (QED) is 0.713. The third-order valence-corrected chi connectivity index (χ3v) is 4.19. The third-order valence-electron chi connectivity index (χ3n) is 2.40. The Bertz CT molecular complexity index is 497. The Balaban J connectivity index is 2.20. The second-order valence-corrected chi connectivity index (χ2v) is 5.39. The molecule has 9 heteroatoms. The summed E-state index contributed by atoms with van der Waals surface area (Å²) in [5.74, 6) is -1.17. The van der Waals surface area contributed by atoms with Gasteiger partial charge in [0.1, 0.15) is 0 Å². The van der Waals surface area contributed by atoms with E-state index in [1.165, 1.54) is 12.3 Å². The number of aliphatic carboxylic acids is 1. The fourth-order valence-corrected chi connectivity index (χ4v) is 2.84. The maximum atomic E-state index is 12.0. The SMILES string of the molecule is O=C(O)C1CN(S(=O)(=O)c2ccn[nH]2)CCO1. The Hall–Kier alpha value is -1.45. The summed E-state index contributed by atoms with van der Waals surface area (Å²) in [6.07, 6.45) is 0.198. The molecule has 1 unspecified atom stereocenters. The first-order valence-electron chi connectivity index (χ1n) is 4.86. The first kappa shape index (κ1) is 12.0. The van der Waals surface area contributed by atoms with Gasteiger partial charge in [0, 0.05) is 6.54 Å². The van der Waals surface area contributed by atoms with Crippen LogP contribution in [0.1, 0.15) is 0 Å². The molecule has 0 radical (unpaired) electrons. The van der Waals surface area contributed by atoms with Gasteiger partial charge in [0.05, 0.1) is 19.3 Å². The minimum atomic E-state index is -3.71. The summed E-state index contributed by atoms with van der Waals surface area (Å²) in [6, 6.07) is 1.32. The zero-order valence-corrected chi connectivity index (χ0v) is 9.55. The molecular formula is C8H11N3O5S. The molecule has 94 valence electrons. The first-order valence-corrected chi connectivity index (χ1v) is 6.30. The molecule has 0 bridgehead atoms. The third kappa shape index (κ3) is 2.30. The molecule has 1 aromatic rings. The number of nitrogens with zero attached hydrogens (tertiary/aromatic N) is 2. The van der Waals surface area contributed by atoms with E-state index in [9.17, 15) is 13.2 Å². The predicted molar refractivity (Wildman–Crippen MR) is 54.7 cm³/mol. The minimum Gasteiger partial charge on any atom is -0.479 e. The molecule has 2 rings (SSSR count). The molecule has 17 heavy (non-hydrogen) atoms. The van der Waals surface area contributed by atoms with Gasteiger partial charge in [-0.2, -0.15) is 9.40 Å². The Morgan fingerprint density at radius 2 is 2.41 bits per heavy atom. The largest absolute Gasteiger partial charge is 0.479 e. The predicted octanol–water partition coefficient (Wildman–Crippen LogP) is -1.12. The zero-order valence-electron chi connectivity index (χ0n) is 8.74. The van der Waals surface area contributed by atoms with E-state index < -0.39 is 22.1 Å². The summed E-state index contributed by atoms with van der Waals surface area (Å²) in [4.78, 5) is 10.7. The summed E-state index contributed by atoms with van der Waals surface area (Å²) in [5.41, 5.74) is 0. The van der Waals surface area contributed by atoms with Crippen molar-refractivity contribution in [1.29, 1.82) is 0 Å². The van der Waals surface area contributed by atoms with Gasteiger partial charge >= 0.3 is 5.97 Å². The van der Waals surface area contributed by atoms with E-state index in [4.69, 9.17) is 9.84 Å². The molecular weight excluding hydrogens is 250 g/mol. The topological polar surface area (TPSA) is 113 Å². The number of morpholine rings is 1. The lowest BCUT2D eigenvalue weighted by molar-refractivity contribution is -0.153. The molecule has 0 saturated carbocycles. The number of rotatable bonds is 3. The molecule has 2 heterocycles. The van der Waals surface area contributed by atoms with Gasteiger partial charge in [-0.3, -0.25) is 5.10 Å². The van der Waals surface area contributed by atoms with Crippen molar-refractivity contribution in [3.63, 3.8) is 0 Å². The van der Waals surface area contributed by atoms with E-state index >= 15 is 0 Å². The van der Waals surface area contributed by atoms with Crippen molar-refractivity contribution in [2.75, 3.05) is 19.7 Å². The molecule has 1 fully saturated rings. The van der Waals surface area contributed by atoms with Crippen molar-refractivity contribution in [2.45, 2.75) is 11.1 Å². The highest BCUT2D eigenvalue weighted by molar-refractivity contribution is 7.89. The van der Waals surface area contributed by atoms with E-state index in [0.29, 0.717) is 0 Å². The van der Waals surface area contributed by atoms with Crippen LogP contribution in [0.25, 0.3) is 0 Å². The molecule has 1 aliphatic rings. The maximum Gasteiger partial charge on any atom is 0.334 e. The van der Waals surface area contributed by atoms with Gasteiger partial charge in [0.25, 0.3) is 10.0 Å². The van der Waals surface area contributed by atoms with Crippen molar-refractivity contribution in [3.8, 4) is 0 Å². The van der Waals surface area contributed by atoms with Crippen LogP contribution in [-0.2, 0) is 19.6 Å². The van der Waals surface area contributed by atoms with E-state index in [-0.39, 0.29) is 24.7 Å².